The quantitative estimate of drug-likeness (QED) is 0.391. The van der Waals surface area contributed by atoms with Crippen LogP contribution in [0.5, 0.6) is 0 Å². The van der Waals surface area contributed by atoms with Crippen LogP contribution in [-0.4, -0.2) is 79.7 Å². The average Bonchev–Trinajstić information content (AvgIpc) is 2.90. The molecule has 160 valence electrons. The number of aliphatic imine (C=N–C) groups is 1. The van der Waals surface area contributed by atoms with Crippen molar-refractivity contribution in [3.63, 3.8) is 0 Å². The molecule has 0 unspecified atom stereocenters. The smallest absolute Gasteiger partial charge is 0.409 e. The summed E-state index contributed by atoms with van der Waals surface area (Å²) in [6.45, 7) is 8.88. The second-order valence-corrected chi connectivity index (χ2v) is 7.41. The maximum Gasteiger partial charge on any atom is 0.409 e. The molecule has 0 radical (unpaired) electrons. The summed E-state index contributed by atoms with van der Waals surface area (Å²) in [6, 6.07) is 0.302. The first-order chi connectivity index (χ1) is 13.6. The Balaban J connectivity index is 1.73. The highest BCUT2D eigenvalue weighted by Gasteiger charge is 2.24. The van der Waals surface area contributed by atoms with Gasteiger partial charge in [0.15, 0.2) is 5.96 Å². The van der Waals surface area contributed by atoms with Gasteiger partial charge in [-0.1, -0.05) is 6.42 Å². The molecule has 0 atom stereocenters. The van der Waals surface area contributed by atoms with Gasteiger partial charge in [-0.05, 0) is 46.0 Å². The number of likely N-dealkylation sites (tertiary alicyclic amines) is 2. The van der Waals surface area contributed by atoms with Crippen molar-refractivity contribution in [2.45, 2.75) is 64.8 Å². The normalized spacial score (nSPS) is 19.4. The maximum absolute atomic E-state index is 12.1. The van der Waals surface area contributed by atoms with Crippen molar-refractivity contribution in [2.24, 2.45) is 4.99 Å². The first-order valence-electron chi connectivity index (χ1n) is 10.9. The highest BCUT2D eigenvalue weighted by atomic mass is 16.6. The molecule has 2 rings (SSSR count). The Bertz CT molecular complexity index is 518. The standard InChI is InChI=1S/C20H37N5O3/c1-3-21-19(22-12-8-14-24-13-7-5-6-9-18(24)26)23-17-10-15-25(16-11-17)20(27)28-4-2/h17H,3-16H2,1-2H3,(H2,21,22,23). The number of carbonyl (C=O) groups excluding carboxylic acids is 2. The lowest BCUT2D eigenvalue weighted by Crippen LogP contribution is -2.50. The molecule has 0 bridgehead atoms. The summed E-state index contributed by atoms with van der Waals surface area (Å²) in [7, 11) is 0. The van der Waals surface area contributed by atoms with E-state index in [1.54, 1.807) is 4.90 Å². The zero-order valence-corrected chi connectivity index (χ0v) is 17.5. The number of nitrogens with one attached hydrogen (secondary N) is 2. The predicted molar refractivity (Wildman–Crippen MR) is 110 cm³/mol. The molecule has 2 aliphatic rings. The van der Waals surface area contributed by atoms with Crippen molar-refractivity contribution in [3.8, 4) is 0 Å². The average molecular weight is 396 g/mol. The molecule has 2 saturated heterocycles. The summed E-state index contributed by atoms with van der Waals surface area (Å²) in [6.07, 6.45) is 6.41. The van der Waals surface area contributed by atoms with Crippen LogP contribution >= 0.6 is 0 Å². The van der Waals surface area contributed by atoms with Crippen LogP contribution in [0.15, 0.2) is 4.99 Å². The molecular formula is C20H37N5O3. The van der Waals surface area contributed by atoms with E-state index in [1.807, 2.05) is 11.8 Å². The Morgan fingerprint density at radius 1 is 1.18 bits per heavy atom. The summed E-state index contributed by atoms with van der Waals surface area (Å²) in [5.74, 6) is 1.11. The Labute approximate surface area is 169 Å². The van der Waals surface area contributed by atoms with E-state index < -0.39 is 0 Å². The molecule has 2 heterocycles. The van der Waals surface area contributed by atoms with Gasteiger partial charge >= 0.3 is 6.09 Å². The zero-order valence-electron chi connectivity index (χ0n) is 17.5. The zero-order chi connectivity index (χ0) is 20.2. The molecule has 0 aromatic heterocycles. The topological polar surface area (TPSA) is 86.3 Å². The fourth-order valence-electron chi connectivity index (χ4n) is 3.66. The molecule has 28 heavy (non-hydrogen) atoms. The summed E-state index contributed by atoms with van der Waals surface area (Å²) in [4.78, 5) is 32.3. The van der Waals surface area contributed by atoms with Gasteiger partial charge in [-0.15, -0.1) is 0 Å². The van der Waals surface area contributed by atoms with E-state index >= 15 is 0 Å². The molecule has 0 aromatic carbocycles. The second-order valence-electron chi connectivity index (χ2n) is 7.41. The molecule has 8 nitrogen and oxygen atoms in total. The van der Waals surface area contributed by atoms with Gasteiger partial charge in [-0.25, -0.2) is 4.79 Å². The summed E-state index contributed by atoms with van der Waals surface area (Å²) < 4.78 is 5.07. The number of ether oxygens (including phenoxy) is 1. The Kier molecular flexibility index (Phi) is 9.93. The Morgan fingerprint density at radius 3 is 2.68 bits per heavy atom. The molecule has 0 saturated carbocycles. The van der Waals surface area contributed by atoms with E-state index in [2.05, 4.69) is 22.5 Å². The first kappa shape index (κ1) is 22.3. The van der Waals surface area contributed by atoms with Crippen molar-refractivity contribution in [3.05, 3.63) is 0 Å². The van der Waals surface area contributed by atoms with Gasteiger partial charge in [-0.3, -0.25) is 9.79 Å². The number of amides is 2. The van der Waals surface area contributed by atoms with Crippen molar-refractivity contribution in [1.29, 1.82) is 0 Å². The lowest BCUT2D eigenvalue weighted by molar-refractivity contribution is -0.130. The van der Waals surface area contributed by atoms with Gasteiger partial charge in [0.25, 0.3) is 0 Å². The van der Waals surface area contributed by atoms with Gasteiger partial charge < -0.3 is 25.2 Å². The lowest BCUT2D eigenvalue weighted by atomic mass is 10.1. The van der Waals surface area contributed by atoms with Crippen LogP contribution in [0.3, 0.4) is 0 Å². The van der Waals surface area contributed by atoms with Crippen molar-refractivity contribution < 1.29 is 14.3 Å². The number of rotatable bonds is 7. The largest absolute Gasteiger partial charge is 0.450 e. The van der Waals surface area contributed by atoms with Crippen LogP contribution in [0.2, 0.25) is 0 Å². The Morgan fingerprint density at radius 2 is 1.96 bits per heavy atom. The minimum Gasteiger partial charge on any atom is -0.450 e. The number of hydrogen-bond donors (Lipinski definition) is 2. The van der Waals surface area contributed by atoms with Gasteiger partial charge in [0, 0.05) is 51.7 Å². The third-order valence-corrected chi connectivity index (χ3v) is 5.23. The summed E-state index contributed by atoms with van der Waals surface area (Å²) >= 11 is 0. The number of nitrogens with zero attached hydrogens (tertiary/aromatic N) is 3. The number of carbonyl (C=O) groups is 2. The SMILES string of the molecule is CCNC(=NCCCN1CCCCCC1=O)NC1CCN(C(=O)OCC)CC1. The minimum atomic E-state index is -0.218. The van der Waals surface area contributed by atoms with Gasteiger partial charge in [0.1, 0.15) is 0 Å². The van der Waals surface area contributed by atoms with Gasteiger partial charge in [0.05, 0.1) is 6.61 Å². The minimum absolute atomic E-state index is 0.218. The lowest BCUT2D eigenvalue weighted by Gasteiger charge is -2.32. The molecule has 0 aliphatic carbocycles. The van der Waals surface area contributed by atoms with Crippen LogP contribution < -0.4 is 10.6 Å². The number of hydrogen-bond acceptors (Lipinski definition) is 4. The summed E-state index contributed by atoms with van der Waals surface area (Å²) in [5, 5.41) is 6.78. The molecule has 0 spiro atoms. The first-order valence-corrected chi connectivity index (χ1v) is 10.9. The van der Waals surface area contributed by atoms with E-state index in [9.17, 15) is 9.59 Å². The third-order valence-electron chi connectivity index (χ3n) is 5.23. The van der Waals surface area contributed by atoms with Crippen LogP contribution in [0.1, 0.15) is 58.8 Å². The fourth-order valence-corrected chi connectivity index (χ4v) is 3.66. The predicted octanol–water partition coefficient (Wildman–Crippen LogP) is 1.96. The molecule has 0 aromatic rings. The van der Waals surface area contributed by atoms with Gasteiger partial charge in [-0.2, -0.15) is 0 Å². The second kappa shape index (κ2) is 12.5. The van der Waals surface area contributed by atoms with E-state index in [4.69, 9.17) is 4.74 Å². The van der Waals surface area contributed by atoms with Crippen LogP contribution in [-0.2, 0) is 9.53 Å². The van der Waals surface area contributed by atoms with E-state index in [0.29, 0.717) is 44.6 Å². The fraction of sp³-hybridized carbons (Fsp3) is 0.850. The molecule has 2 N–H and O–H groups in total. The van der Waals surface area contributed by atoms with E-state index in [1.165, 1.54) is 0 Å². The Hall–Kier alpha value is -1.99. The molecule has 2 fully saturated rings. The summed E-state index contributed by atoms with van der Waals surface area (Å²) in [5.41, 5.74) is 0. The van der Waals surface area contributed by atoms with E-state index in [-0.39, 0.29) is 6.09 Å². The number of guanidine groups is 1. The highest BCUT2D eigenvalue weighted by molar-refractivity contribution is 5.80. The maximum atomic E-state index is 12.1. The van der Waals surface area contributed by atoms with Crippen LogP contribution in [0.25, 0.3) is 0 Å². The van der Waals surface area contributed by atoms with Crippen molar-refractivity contribution in [1.82, 2.24) is 20.4 Å². The monoisotopic (exact) mass is 395 g/mol. The third kappa shape index (κ3) is 7.56. The molecular weight excluding hydrogens is 358 g/mol. The van der Waals surface area contributed by atoms with Crippen molar-refractivity contribution >= 4 is 18.0 Å². The van der Waals surface area contributed by atoms with Gasteiger partial charge in [0.2, 0.25) is 5.91 Å². The highest BCUT2D eigenvalue weighted by Crippen LogP contribution is 2.12. The van der Waals surface area contributed by atoms with Crippen LogP contribution in [0, 0.1) is 0 Å². The van der Waals surface area contributed by atoms with Crippen molar-refractivity contribution in [2.75, 3.05) is 45.9 Å². The molecule has 2 amide bonds. The molecule has 8 heteroatoms. The van der Waals surface area contributed by atoms with Crippen LogP contribution in [0.4, 0.5) is 4.79 Å². The van der Waals surface area contributed by atoms with E-state index in [0.717, 1.165) is 64.1 Å². The number of piperidine rings is 1. The molecule has 2 aliphatic heterocycles.